The second-order valence-electron chi connectivity index (χ2n) is 5.00. The molecule has 0 fully saturated rings. The summed E-state index contributed by atoms with van der Waals surface area (Å²) >= 11 is 6.10. The summed E-state index contributed by atoms with van der Waals surface area (Å²) in [6, 6.07) is 10.2. The number of hydrogen-bond donors (Lipinski definition) is 2. The van der Waals surface area contributed by atoms with Crippen molar-refractivity contribution in [3.05, 3.63) is 52.5 Å². The Morgan fingerprint density at radius 1 is 1.33 bits per heavy atom. The molecule has 0 saturated carbocycles. The average Bonchev–Trinajstić information content (AvgIpc) is 2.45. The minimum atomic E-state index is -0.612. The summed E-state index contributed by atoms with van der Waals surface area (Å²) in [4.78, 5) is 12.1. The van der Waals surface area contributed by atoms with E-state index >= 15 is 0 Å². The maximum Gasteiger partial charge on any atom is 0.265 e. The lowest BCUT2D eigenvalue weighted by Gasteiger charge is -2.26. The van der Waals surface area contributed by atoms with Crippen molar-refractivity contribution in [3.63, 3.8) is 0 Å². The minimum Gasteiger partial charge on any atom is -0.508 e. The summed E-state index contributed by atoms with van der Waals surface area (Å²) in [5, 5.41) is 12.8. The zero-order valence-electron chi connectivity index (χ0n) is 11.4. The normalized spacial score (nSPS) is 16.9. The van der Waals surface area contributed by atoms with Crippen LogP contribution >= 0.6 is 11.6 Å². The van der Waals surface area contributed by atoms with Crippen LogP contribution < -0.4 is 10.1 Å². The summed E-state index contributed by atoms with van der Waals surface area (Å²) in [7, 11) is 0. The van der Waals surface area contributed by atoms with Crippen molar-refractivity contribution >= 4 is 23.2 Å². The van der Waals surface area contributed by atoms with Gasteiger partial charge in [-0.15, -0.1) is 0 Å². The van der Waals surface area contributed by atoms with Crippen LogP contribution in [0.2, 0.25) is 5.02 Å². The molecule has 0 spiro atoms. The summed E-state index contributed by atoms with van der Waals surface area (Å²) in [5.41, 5.74) is 2.41. The van der Waals surface area contributed by atoms with Gasteiger partial charge >= 0.3 is 0 Å². The van der Waals surface area contributed by atoms with Crippen LogP contribution in [0.15, 0.2) is 36.4 Å². The molecule has 5 heteroatoms. The highest BCUT2D eigenvalue weighted by Crippen LogP contribution is 2.33. The van der Waals surface area contributed by atoms with E-state index in [1.54, 1.807) is 6.07 Å². The highest BCUT2D eigenvalue weighted by molar-refractivity contribution is 6.31. The number of rotatable bonds is 2. The first-order valence-corrected chi connectivity index (χ1v) is 6.97. The maximum absolute atomic E-state index is 12.1. The predicted molar refractivity (Wildman–Crippen MR) is 81.0 cm³/mol. The molecule has 1 heterocycles. The number of phenols is 1. The largest absolute Gasteiger partial charge is 0.508 e. The van der Waals surface area contributed by atoms with E-state index in [9.17, 15) is 9.90 Å². The van der Waals surface area contributed by atoms with E-state index in [-0.39, 0.29) is 11.7 Å². The second kappa shape index (κ2) is 5.30. The topological polar surface area (TPSA) is 58.6 Å². The van der Waals surface area contributed by atoms with E-state index in [2.05, 4.69) is 5.32 Å². The third-order valence-electron chi connectivity index (χ3n) is 3.57. The SMILES string of the molecule is Cc1c(Cl)cccc1CC1Oc2ccc(O)cc2NC1=O. The number of ether oxygens (including phenoxy) is 1. The maximum atomic E-state index is 12.1. The molecule has 0 saturated heterocycles. The molecular weight excluding hydrogens is 290 g/mol. The first kappa shape index (κ1) is 13.8. The highest BCUT2D eigenvalue weighted by Gasteiger charge is 2.28. The number of nitrogens with one attached hydrogen (secondary N) is 1. The smallest absolute Gasteiger partial charge is 0.265 e. The van der Waals surface area contributed by atoms with Gasteiger partial charge in [0.2, 0.25) is 0 Å². The quantitative estimate of drug-likeness (QED) is 0.895. The molecule has 1 unspecified atom stereocenters. The fourth-order valence-electron chi connectivity index (χ4n) is 2.35. The molecule has 1 aliphatic heterocycles. The number of phenolic OH excluding ortho intramolecular Hbond substituents is 1. The Hall–Kier alpha value is -2.20. The van der Waals surface area contributed by atoms with Gasteiger partial charge in [-0.3, -0.25) is 4.79 Å². The fraction of sp³-hybridized carbons (Fsp3) is 0.188. The van der Waals surface area contributed by atoms with Gasteiger partial charge in [-0.1, -0.05) is 23.7 Å². The highest BCUT2D eigenvalue weighted by atomic mass is 35.5. The van der Waals surface area contributed by atoms with Gasteiger partial charge in [0.05, 0.1) is 5.69 Å². The molecule has 4 nitrogen and oxygen atoms in total. The molecule has 1 aliphatic rings. The minimum absolute atomic E-state index is 0.0850. The van der Waals surface area contributed by atoms with Gasteiger partial charge in [-0.05, 0) is 36.2 Å². The zero-order valence-corrected chi connectivity index (χ0v) is 12.1. The van der Waals surface area contributed by atoms with Crippen molar-refractivity contribution in [2.24, 2.45) is 0 Å². The summed E-state index contributed by atoms with van der Waals surface area (Å²) in [5.74, 6) is 0.409. The predicted octanol–water partition coefficient (Wildman–Crippen LogP) is 3.30. The number of carbonyl (C=O) groups is 1. The summed E-state index contributed by atoms with van der Waals surface area (Å²) in [6.45, 7) is 1.92. The number of fused-ring (bicyclic) bond motifs is 1. The van der Waals surface area contributed by atoms with E-state index in [1.807, 2.05) is 25.1 Å². The number of amides is 1. The first-order valence-electron chi connectivity index (χ1n) is 6.59. The van der Waals surface area contributed by atoms with Crippen molar-refractivity contribution < 1.29 is 14.6 Å². The van der Waals surface area contributed by atoms with Gasteiger partial charge in [0.1, 0.15) is 11.5 Å². The Bertz CT molecular complexity index is 715. The van der Waals surface area contributed by atoms with E-state index in [0.29, 0.717) is 22.9 Å². The van der Waals surface area contributed by atoms with Crippen LogP contribution in [0.25, 0.3) is 0 Å². The van der Waals surface area contributed by atoms with E-state index in [1.165, 1.54) is 12.1 Å². The number of anilines is 1. The van der Waals surface area contributed by atoms with Gasteiger partial charge in [0.25, 0.3) is 5.91 Å². The van der Waals surface area contributed by atoms with Crippen molar-refractivity contribution in [1.82, 2.24) is 0 Å². The Morgan fingerprint density at radius 2 is 2.14 bits per heavy atom. The summed E-state index contributed by atoms with van der Waals surface area (Å²) in [6.07, 6.45) is -0.169. The van der Waals surface area contributed by atoms with Crippen molar-refractivity contribution in [1.29, 1.82) is 0 Å². The van der Waals surface area contributed by atoms with Gasteiger partial charge in [0, 0.05) is 17.5 Å². The van der Waals surface area contributed by atoms with Crippen molar-refractivity contribution in [3.8, 4) is 11.5 Å². The van der Waals surface area contributed by atoms with Crippen molar-refractivity contribution in [2.75, 3.05) is 5.32 Å². The van der Waals surface area contributed by atoms with Crippen LogP contribution in [0.1, 0.15) is 11.1 Å². The second-order valence-corrected chi connectivity index (χ2v) is 5.41. The van der Waals surface area contributed by atoms with E-state index < -0.39 is 6.10 Å². The van der Waals surface area contributed by atoms with Crippen LogP contribution in [0.3, 0.4) is 0 Å². The van der Waals surface area contributed by atoms with Gasteiger partial charge in [-0.25, -0.2) is 0 Å². The molecule has 1 atom stereocenters. The molecule has 0 aliphatic carbocycles. The number of hydrogen-bond acceptors (Lipinski definition) is 3. The van der Waals surface area contributed by atoms with Crippen LogP contribution in [-0.4, -0.2) is 17.1 Å². The zero-order chi connectivity index (χ0) is 15.0. The molecule has 21 heavy (non-hydrogen) atoms. The number of halogens is 1. The summed E-state index contributed by atoms with van der Waals surface area (Å²) < 4.78 is 5.73. The molecule has 0 radical (unpaired) electrons. The number of aromatic hydroxyl groups is 1. The molecule has 0 bridgehead atoms. The van der Waals surface area contributed by atoms with Gasteiger partial charge in [-0.2, -0.15) is 0 Å². The van der Waals surface area contributed by atoms with Crippen LogP contribution in [0.4, 0.5) is 5.69 Å². The Labute approximate surface area is 127 Å². The number of carbonyl (C=O) groups excluding carboxylic acids is 1. The standard InChI is InChI=1S/C16H14ClNO3/c1-9-10(3-2-4-12(9)17)7-15-16(20)18-13-8-11(19)5-6-14(13)21-15/h2-6,8,15,19H,7H2,1H3,(H,18,20). The molecular formula is C16H14ClNO3. The van der Waals surface area contributed by atoms with Gasteiger partial charge < -0.3 is 15.2 Å². The Kier molecular flexibility index (Phi) is 3.47. The molecule has 108 valence electrons. The van der Waals surface area contributed by atoms with Crippen molar-refractivity contribution in [2.45, 2.75) is 19.4 Å². The molecule has 2 N–H and O–H groups in total. The monoisotopic (exact) mass is 303 g/mol. The fourth-order valence-corrected chi connectivity index (χ4v) is 2.54. The molecule has 0 aromatic heterocycles. The number of benzene rings is 2. The molecule has 2 aromatic rings. The molecule has 2 aromatic carbocycles. The van der Waals surface area contributed by atoms with E-state index in [4.69, 9.17) is 16.3 Å². The molecule has 1 amide bonds. The van der Waals surface area contributed by atoms with Crippen LogP contribution in [-0.2, 0) is 11.2 Å². The third kappa shape index (κ3) is 2.67. The average molecular weight is 304 g/mol. The first-order chi connectivity index (χ1) is 10.0. The lowest BCUT2D eigenvalue weighted by molar-refractivity contribution is -0.123. The Morgan fingerprint density at radius 3 is 2.95 bits per heavy atom. The lowest BCUT2D eigenvalue weighted by Crippen LogP contribution is -2.38. The van der Waals surface area contributed by atoms with Crippen LogP contribution in [0, 0.1) is 6.92 Å². The lowest BCUT2D eigenvalue weighted by atomic mass is 10.0. The van der Waals surface area contributed by atoms with Gasteiger partial charge in [0.15, 0.2) is 6.10 Å². The Balaban J connectivity index is 1.86. The third-order valence-corrected chi connectivity index (χ3v) is 3.98. The molecule has 3 rings (SSSR count). The van der Waals surface area contributed by atoms with E-state index in [0.717, 1.165) is 11.1 Å². The van der Waals surface area contributed by atoms with Crippen LogP contribution in [0.5, 0.6) is 11.5 Å².